The molecule has 2 atom stereocenters. The standard InChI is InChI=1S/C23H26N2O5/c1-23(2,3)30-22(27)24-20(21(26)18-10-5-4-6-11-18)12-8-7-9-17-13-15-19(16-14-17)25(28)29/h4-6,10-11,13-16,20-21,26H,8,12H2,1-3H3,(H,24,27)/t20-,21-/m1/s1. The second-order valence-corrected chi connectivity index (χ2v) is 7.75. The molecule has 2 rings (SSSR count). The highest BCUT2D eigenvalue weighted by Gasteiger charge is 2.25. The van der Waals surface area contributed by atoms with Gasteiger partial charge in [0.2, 0.25) is 0 Å². The normalized spacial score (nSPS) is 12.8. The molecule has 0 spiro atoms. The molecule has 0 aliphatic heterocycles. The number of nitro groups is 1. The first kappa shape index (κ1) is 22.9. The van der Waals surface area contributed by atoms with Gasteiger partial charge in [0.15, 0.2) is 0 Å². The van der Waals surface area contributed by atoms with Gasteiger partial charge in [0.25, 0.3) is 5.69 Å². The molecule has 0 saturated heterocycles. The first-order valence-corrected chi connectivity index (χ1v) is 9.61. The Morgan fingerprint density at radius 2 is 1.80 bits per heavy atom. The van der Waals surface area contributed by atoms with E-state index in [9.17, 15) is 20.0 Å². The number of ether oxygens (including phenoxy) is 1. The zero-order valence-electron chi connectivity index (χ0n) is 17.3. The first-order chi connectivity index (χ1) is 14.2. The van der Waals surface area contributed by atoms with Crippen molar-refractivity contribution in [3.8, 4) is 11.8 Å². The highest BCUT2D eigenvalue weighted by Crippen LogP contribution is 2.20. The molecule has 0 saturated carbocycles. The van der Waals surface area contributed by atoms with Gasteiger partial charge < -0.3 is 15.2 Å². The smallest absolute Gasteiger partial charge is 0.407 e. The van der Waals surface area contributed by atoms with Crippen molar-refractivity contribution in [1.82, 2.24) is 5.32 Å². The van der Waals surface area contributed by atoms with Gasteiger partial charge >= 0.3 is 6.09 Å². The fraction of sp³-hybridized carbons (Fsp3) is 0.348. The summed E-state index contributed by atoms with van der Waals surface area (Å²) in [7, 11) is 0. The molecule has 0 radical (unpaired) electrons. The molecule has 7 nitrogen and oxygen atoms in total. The monoisotopic (exact) mass is 410 g/mol. The second-order valence-electron chi connectivity index (χ2n) is 7.75. The average Bonchev–Trinajstić information content (AvgIpc) is 2.69. The molecule has 2 N–H and O–H groups in total. The molecule has 0 aliphatic rings. The molecule has 158 valence electrons. The molecule has 2 aromatic rings. The van der Waals surface area contributed by atoms with E-state index in [1.54, 1.807) is 45.0 Å². The summed E-state index contributed by atoms with van der Waals surface area (Å²) in [5.74, 6) is 5.92. The maximum Gasteiger partial charge on any atom is 0.407 e. The zero-order valence-corrected chi connectivity index (χ0v) is 17.3. The Morgan fingerprint density at radius 3 is 2.37 bits per heavy atom. The lowest BCUT2D eigenvalue weighted by atomic mass is 9.98. The summed E-state index contributed by atoms with van der Waals surface area (Å²) >= 11 is 0. The van der Waals surface area contributed by atoms with Crippen LogP contribution in [0.3, 0.4) is 0 Å². The van der Waals surface area contributed by atoms with Gasteiger partial charge in [-0.05, 0) is 44.9 Å². The van der Waals surface area contributed by atoms with Gasteiger partial charge in [0, 0.05) is 24.1 Å². The molecule has 0 fully saturated rings. The largest absolute Gasteiger partial charge is 0.444 e. The number of aliphatic hydroxyl groups is 1. The SMILES string of the molecule is CC(C)(C)OC(=O)N[C@H](CCC#Cc1ccc([N+](=O)[O-])cc1)[C@H](O)c1ccccc1. The highest BCUT2D eigenvalue weighted by molar-refractivity contribution is 5.68. The van der Waals surface area contributed by atoms with E-state index < -0.39 is 28.8 Å². The van der Waals surface area contributed by atoms with Crippen LogP contribution in [0.2, 0.25) is 0 Å². The number of aliphatic hydroxyl groups excluding tert-OH is 1. The lowest BCUT2D eigenvalue weighted by Crippen LogP contribution is -2.42. The Bertz CT molecular complexity index is 909. The predicted molar refractivity (Wildman–Crippen MR) is 114 cm³/mol. The summed E-state index contributed by atoms with van der Waals surface area (Å²) in [5.41, 5.74) is 0.693. The van der Waals surface area contributed by atoms with Gasteiger partial charge in [-0.25, -0.2) is 4.79 Å². The molecule has 0 bridgehead atoms. The number of hydrogen-bond acceptors (Lipinski definition) is 5. The number of rotatable bonds is 6. The quantitative estimate of drug-likeness (QED) is 0.419. The van der Waals surface area contributed by atoms with Crippen LogP contribution in [-0.2, 0) is 4.74 Å². The van der Waals surface area contributed by atoms with E-state index in [-0.39, 0.29) is 5.69 Å². The van der Waals surface area contributed by atoms with Crippen LogP contribution in [0.4, 0.5) is 10.5 Å². The Balaban J connectivity index is 2.05. The van der Waals surface area contributed by atoms with Crippen molar-refractivity contribution in [2.24, 2.45) is 0 Å². The summed E-state index contributed by atoms with van der Waals surface area (Å²) in [5, 5.41) is 24.2. The van der Waals surface area contributed by atoms with Crippen LogP contribution in [0.25, 0.3) is 0 Å². The number of carbonyl (C=O) groups is 1. The Morgan fingerprint density at radius 1 is 1.17 bits per heavy atom. The Labute approximate surface area is 176 Å². The predicted octanol–water partition coefficient (Wildman–Crippen LogP) is 4.35. The van der Waals surface area contributed by atoms with Crippen LogP contribution in [0, 0.1) is 22.0 Å². The maximum atomic E-state index is 12.2. The van der Waals surface area contributed by atoms with Gasteiger partial charge in [0.05, 0.1) is 17.1 Å². The third kappa shape index (κ3) is 7.57. The third-order valence-corrected chi connectivity index (χ3v) is 4.12. The average molecular weight is 410 g/mol. The van der Waals surface area contributed by atoms with E-state index in [0.29, 0.717) is 24.0 Å². The van der Waals surface area contributed by atoms with Gasteiger partial charge in [-0.1, -0.05) is 42.2 Å². The zero-order chi connectivity index (χ0) is 22.1. The van der Waals surface area contributed by atoms with Gasteiger partial charge in [0.1, 0.15) is 5.60 Å². The molecule has 1 amide bonds. The molecule has 0 heterocycles. The number of non-ortho nitro benzene ring substituents is 1. The van der Waals surface area contributed by atoms with Crippen LogP contribution in [0.1, 0.15) is 50.8 Å². The van der Waals surface area contributed by atoms with E-state index in [2.05, 4.69) is 17.2 Å². The maximum absolute atomic E-state index is 12.2. The summed E-state index contributed by atoms with van der Waals surface area (Å²) in [6.07, 6.45) is -0.720. The summed E-state index contributed by atoms with van der Waals surface area (Å²) in [6.45, 7) is 5.31. The first-order valence-electron chi connectivity index (χ1n) is 9.61. The van der Waals surface area contributed by atoms with Crippen molar-refractivity contribution in [1.29, 1.82) is 0 Å². The molecule has 7 heteroatoms. The van der Waals surface area contributed by atoms with Crippen LogP contribution < -0.4 is 5.32 Å². The summed E-state index contributed by atoms with van der Waals surface area (Å²) in [4.78, 5) is 22.5. The van der Waals surface area contributed by atoms with E-state index in [0.717, 1.165) is 0 Å². The van der Waals surface area contributed by atoms with Gasteiger partial charge in [-0.15, -0.1) is 0 Å². The Hall–Kier alpha value is -3.37. The number of nitro benzene ring substituents is 1. The van der Waals surface area contributed by atoms with E-state index in [1.165, 1.54) is 12.1 Å². The fourth-order valence-electron chi connectivity index (χ4n) is 2.71. The van der Waals surface area contributed by atoms with E-state index in [4.69, 9.17) is 4.74 Å². The lowest BCUT2D eigenvalue weighted by Gasteiger charge is -2.26. The van der Waals surface area contributed by atoms with Crippen molar-refractivity contribution in [3.05, 3.63) is 75.8 Å². The number of carbonyl (C=O) groups excluding carboxylic acids is 1. The number of alkyl carbamates (subject to hydrolysis) is 1. The van der Waals surface area contributed by atoms with Crippen molar-refractivity contribution in [3.63, 3.8) is 0 Å². The molecule has 0 aromatic heterocycles. The number of hydrogen-bond donors (Lipinski definition) is 2. The molecule has 30 heavy (non-hydrogen) atoms. The van der Waals surface area contributed by atoms with Crippen LogP contribution in [0.15, 0.2) is 54.6 Å². The molecular formula is C23H26N2O5. The molecule has 0 unspecified atom stereocenters. The number of amides is 1. The molecular weight excluding hydrogens is 384 g/mol. The minimum absolute atomic E-state index is 0.00755. The highest BCUT2D eigenvalue weighted by atomic mass is 16.6. The fourth-order valence-corrected chi connectivity index (χ4v) is 2.71. The van der Waals surface area contributed by atoms with Crippen molar-refractivity contribution < 1.29 is 19.6 Å². The topological polar surface area (TPSA) is 102 Å². The third-order valence-electron chi connectivity index (χ3n) is 4.12. The van der Waals surface area contributed by atoms with Crippen LogP contribution in [0.5, 0.6) is 0 Å². The van der Waals surface area contributed by atoms with Crippen LogP contribution in [-0.4, -0.2) is 27.8 Å². The van der Waals surface area contributed by atoms with Crippen molar-refractivity contribution in [2.75, 3.05) is 0 Å². The minimum atomic E-state index is -0.917. The lowest BCUT2D eigenvalue weighted by molar-refractivity contribution is -0.384. The minimum Gasteiger partial charge on any atom is -0.444 e. The summed E-state index contributed by atoms with van der Waals surface area (Å²) < 4.78 is 5.31. The van der Waals surface area contributed by atoms with E-state index in [1.807, 2.05) is 18.2 Å². The number of nitrogens with one attached hydrogen (secondary N) is 1. The van der Waals surface area contributed by atoms with Gasteiger partial charge in [-0.2, -0.15) is 0 Å². The number of benzene rings is 2. The number of nitrogens with zero attached hydrogens (tertiary/aromatic N) is 1. The van der Waals surface area contributed by atoms with Crippen LogP contribution >= 0.6 is 0 Å². The Kier molecular flexibility index (Phi) is 7.96. The van der Waals surface area contributed by atoms with Crippen molar-refractivity contribution in [2.45, 2.75) is 51.4 Å². The second kappa shape index (κ2) is 10.4. The molecule has 2 aromatic carbocycles. The molecule has 0 aliphatic carbocycles. The van der Waals surface area contributed by atoms with Gasteiger partial charge in [-0.3, -0.25) is 10.1 Å². The van der Waals surface area contributed by atoms with Crippen molar-refractivity contribution >= 4 is 11.8 Å². The summed E-state index contributed by atoms with van der Waals surface area (Å²) in [6, 6.07) is 14.4. The van der Waals surface area contributed by atoms with E-state index >= 15 is 0 Å².